The maximum Gasteiger partial charge on any atom is 0.243 e. The van der Waals surface area contributed by atoms with Gasteiger partial charge in [0.05, 0.1) is 33.9 Å². The van der Waals surface area contributed by atoms with E-state index in [0.717, 1.165) is 15.8 Å². The average Bonchev–Trinajstić information content (AvgIpc) is 3.50. The summed E-state index contributed by atoms with van der Waals surface area (Å²) in [6.07, 6.45) is 1.67. The molecule has 4 aromatic rings. The summed E-state index contributed by atoms with van der Waals surface area (Å²) in [5.74, 6) is 1.10. The number of para-hydroxylation sites is 1. The average molecular weight is 478 g/mol. The summed E-state index contributed by atoms with van der Waals surface area (Å²) in [5, 5.41) is 10.3. The maximum atomic E-state index is 12.8. The van der Waals surface area contributed by atoms with Crippen LogP contribution in [0.1, 0.15) is 10.8 Å². The van der Waals surface area contributed by atoms with Crippen molar-refractivity contribution < 1.29 is 17.6 Å². The van der Waals surface area contributed by atoms with Crippen molar-refractivity contribution in [1.82, 2.24) is 9.29 Å². The van der Waals surface area contributed by atoms with Crippen molar-refractivity contribution in [3.05, 3.63) is 71.4 Å². The molecular weight excluding hydrogens is 458 g/mol. The second-order valence-electron chi connectivity index (χ2n) is 7.40. The maximum absolute atomic E-state index is 12.8. The highest BCUT2D eigenvalue weighted by Crippen LogP contribution is 2.30. The zero-order chi connectivity index (χ0) is 22.8. The van der Waals surface area contributed by atoms with Crippen molar-refractivity contribution in [3.8, 4) is 17.4 Å². The lowest BCUT2D eigenvalue weighted by Gasteiger charge is -2.26. The van der Waals surface area contributed by atoms with Crippen LogP contribution in [0.5, 0.6) is 0 Å². The van der Waals surface area contributed by atoms with Crippen molar-refractivity contribution in [2.75, 3.05) is 26.3 Å². The predicted molar refractivity (Wildman–Crippen MR) is 127 cm³/mol. The van der Waals surface area contributed by atoms with E-state index < -0.39 is 10.0 Å². The number of nitrogens with zero attached hydrogens (tertiary/aromatic N) is 3. The van der Waals surface area contributed by atoms with E-state index in [2.05, 4.69) is 11.1 Å². The molecule has 1 fully saturated rings. The first-order valence-corrected chi connectivity index (χ1v) is 12.6. The van der Waals surface area contributed by atoms with Crippen LogP contribution in [-0.2, 0) is 14.8 Å². The first kappa shape index (κ1) is 21.6. The molecule has 0 atom stereocenters. The number of furan rings is 1. The van der Waals surface area contributed by atoms with Crippen LogP contribution >= 0.6 is 11.3 Å². The second-order valence-corrected chi connectivity index (χ2v) is 10.4. The molecule has 0 unspecified atom stereocenters. The monoisotopic (exact) mass is 477 g/mol. The fraction of sp³-hybridized carbons (Fsp3) is 0.167. The summed E-state index contributed by atoms with van der Waals surface area (Å²) in [6.45, 7) is 1.52. The molecule has 0 N–H and O–H groups in total. The lowest BCUT2D eigenvalue weighted by Crippen LogP contribution is -2.40. The van der Waals surface area contributed by atoms with Gasteiger partial charge in [0.25, 0.3) is 0 Å². The minimum atomic E-state index is -3.55. The van der Waals surface area contributed by atoms with Crippen LogP contribution in [-0.4, -0.2) is 44.0 Å². The summed E-state index contributed by atoms with van der Waals surface area (Å²) < 4.78 is 39.2. The van der Waals surface area contributed by atoms with Gasteiger partial charge in [-0.2, -0.15) is 9.57 Å². The molecule has 2 aromatic carbocycles. The summed E-state index contributed by atoms with van der Waals surface area (Å²) in [7, 11) is -3.55. The quantitative estimate of drug-likeness (QED) is 0.389. The van der Waals surface area contributed by atoms with Gasteiger partial charge < -0.3 is 9.15 Å². The van der Waals surface area contributed by atoms with Crippen LogP contribution in [0, 0.1) is 11.3 Å². The van der Waals surface area contributed by atoms with Crippen molar-refractivity contribution in [2.45, 2.75) is 4.90 Å². The molecule has 5 rings (SSSR count). The number of sulfonamides is 1. The molecule has 33 heavy (non-hydrogen) atoms. The second kappa shape index (κ2) is 8.92. The zero-order valence-corrected chi connectivity index (χ0v) is 19.1. The first-order chi connectivity index (χ1) is 16.0. The Hall–Kier alpha value is -3.29. The number of ether oxygens (including phenoxy) is 1. The molecule has 1 saturated heterocycles. The van der Waals surface area contributed by atoms with Gasteiger partial charge in [0.1, 0.15) is 22.6 Å². The number of allylic oxidation sites excluding steroid dienone is 1. The van der Waals surface area contributed by atoms with Gasteiger partial charge >= 0.3 is 0 Å². The fourth-order valence-corrected chi connectivity index (χ4v) is 5.92. The summed E-state index contributed by atoms with van der Waals surface area (Å²) >= 11 is 1.46. The summed E-state index contributed by atoms with van der Waals surface area (Å²) in [4.78, 5) is 4.77. The highest BCUT2D eigenvalue weighted by Gasteiger charge is 2.26. The highest BCUT2D eigenvalue weighted by molar-refractivity contribution is 7.89. The van der Waals surface area contributed by atoms with Crippen LogP contribution in [0.15, 0.2) is 70.0 Å². The topological polar surface area (TPSA) is 96.4 Å². The van der Waals surface area contributed by atoms with Crippen LogP contribution in [0.2, 0.25) is 0 Å². The van der Waals surface area contributed by atoms with Crippen molar-refractivity contribution in [1.29, 1.82) is 5.26 Å². The van der Waals surface area contributed by atoms with Gasteiger partial charge in [0, 0.05) is 24.7 Å². The Morgan fingerprint density at radius 3 is 2.55 bits per heavy atom. The molecule has 166 valence electrons. The molecule has 1 aliphatic heterocycles. The van der Waals surface area contributed by atoms with E-state index in [1.807, 2.05) is 24.3 Å². The van der Waals surface area contributed by atoms with E-state index in [1.165, 1.54) is 15.6 Å². The van der Waals surface area contributed by atoms with Crippen molar-refractivity contribution >= 4 is 43.2 Å². The lowest BCUT2D eigenvalue weighted by molar-refractivity contribution is 0.0730. The van der Waals surface area contributed by atoms with Crippen molar-refractivity contribution in [3.63, 3.8) is 0 Å². The molecule has 0 bridgehead atoms. The molecule has 0 aliphatic carbocycles. The van der Waals surface area contributed by atoms with E-state index >= 15 is 0 Å². The van der Waals surface area contributed by atoms with Crippen LogP contribution < -0.4 is 0 Å². The van der Waals surface area contributed by atoms with Gasteiger partial charge in [0.15, 0.2) is 0 Å². The smallest absolute Gasteiger partial charge is 0.243 e. The Balaban J connectivity index is 1.38. The molecule has 1 aliphatic rings. The molecule has 9 heteroatoms. The number of rotatable bonds is 5. The third-order valence-electron chi connectivity index (χ3n) is 5.30. The van der Waals surface area contributed by atoms with E-state index in [9.17, 15) is 13.7 Å². The Morgan fingerprint density at radius 2 is 1.82 bits per heavy atom. The standard InChI is InChI=1S/C24H19N3O4S2/c25-16-18(24-26-21-3-1-2-4-23(21)32-24)15-19-7-10-22(31-19)17-5-8-20(9-6-17)33(28,29)27-11-13-30-14-12-27/h1-10,15H,11-14H2. The molecule has 0 saturated carbocycles. The highest BCUT2D eigenvalue weighted by atomic mass is 32.2. The third kappa shape index (κ3) is 4.34. The third-order valence-corrected chi connectivity index (χ3v) is 8.29. The van der Waals surface area contributed by atoms with Gasteiger partial charge in [-0.1, -0.05) is 12.1 Å². The Morgan fingerprint density at radius 1 is 1.06 bits per heavy atom. The van der Waals surface area contributed by atoms with Gasteiger partial charge in [-0.05, 0) is 48.5 Å². The van der Waals surface area contributed by atoms with Gasteiger partial charge in [-0.15, -0.1) is 11.3 Å². The van der Waals surface area contributed by atoms with E-state index in [-0.39, 0.29) is 4.90 Å². The van der Waals surface area contributed by atoms with Gasteiger partial charge in [-0.3, -0.25) is 0 Å². The molecule has 2 aromatic heterocycles. The molecule has 3 heterocycles. The SMILES string of the molecule is N#CC(=Cc1ccc(-c2ccc(S(=O)(=O)N3CCOCC3)cc2)o1)c1nc2ccccc2s1. The van der Waals surface area contributed by atoms with E-state index in [0.29, 0.717) is 48.4 Å². The first-order valence-electron chi connectivity index (χ1n) is 10.3. The van der Waals surface area contributed by atoms with E-state index in [4.69, 9.17) is 9.15 Å². The molecule has 0 spiro atoms. The van der Waals surface area contributed by atoms with E-state index in [1.54, 1.807) is 42.5 Å². The normalized spacial score (nSPS) is 15.5. The van der Waals surface area contributed by atoms with Gasteiger partial charge in [0.2, 0.25) is 10.0 Å². The molecule has 7 nitrogen and oxygen atoms in total. The largest absolute Gasteiger partial charge is 0.457 e. The number of aromatic nitrogens is 1. The lowest BCUT2D eigenvalue weighted by atomic mass is 10.2. The fourth-order valence-electron chi connectivity index (χ4n) is 3.58. The number of nitriles is 1. The molecular formula is C24H19N3O4S2. The number of benzene rings is 2. The zero-order valence-electron chi connectivity index (χ0n) is 17.5. The van der Waals surface area contributed by atoms with Gasteiger partial charge in [-0.25, -0.2) is 13.4 Å². The number of thiazole rings is 1. The Kier molecular flexibility index (Phi) is 5.83. The predicted octanol–water partition coefficient (Wildman–Crippen LogP) is 4.64. The molecule has 0 radical (unpaired) electrons. The summed E-state index contributed by atoms with van der Waals surface area (Å²) in [5.41, 5.74) is 2.02. The van der Waals surface area contributed by atoms with Crippen LogP contribution in [0.25, 0.3) is 33.2 Å². The minimum Gasteiger partial charge on any atom is -0.457 e. The van der Waals surface area contributed by atoms with Crippen LogP contribution in [0.4, 0.5) is 0 Å². The minimum absolute atomic E-state index is 0.238. The molecule has 0 amide bonds. The number of hydrogen-bond donors (Lipinski definition) is 0. The van der Waals surface area contributed by atoms with Crippen LogP contribution in [0.3, 0.4) is 0 Å². The Bertz CT molecular complexity index is 1440. The number of fused-ring (bicyclic) bond motifs is 1. The summed E-state index contributed by atoms with van der Waals surface area (Å²) in [6, 6.07) is 20.1. The Labute approximate surface area is 195 Å². The number of hydrogen-bond acceptors (Lipinski definition) is 7. The van der Waals surface area contributed by atoms with Crippen molar-refractivity contribution in [2.24, 2.45) is 0 Å². The number of morpholine rings is 1.